The summed E-state index contributed by atoms with van der Waals surface area (Å²) in [6.07, 6.45) is 0. The van der Waals surface area contributed by atoms with Crippen LogP contribution in [0.3, 0.4) is 0 Å². The minimum Gasteiger partial charge on any atom is -0.455 e. The molecule has 0 bridgehead atoms. The second kappa shape index (κ2) is 36.7. The molecule has 0 amide bonds. The fraction of sp³-hybridized carbons (Fsp3) is 0. The Morgan fingerprint density at radius 3 is 0.924 bits per heavy atom. The van der Waals surface area contributed by atoms with E-state index in [-0.39, 0.29) is 0 Å². The average Bonchev–Trinajstić information content (AvgIpc) is 1.59. The SMILES string of the molecule is N#Cc1ccc2c(c1)c1cc(-c3cccc4c3oc3ccccc34)ccc1n2-c1cccc(-c2nc(-c3ccccc3)nc(-c3ccccc3)n2)c1.c1ccc(-c2ccc3c4ccccc4n(-c4cccc(-c5nc(-c6ccccc6)nc(-c6ccccc6)n5)c4)c3c2)cc1.c1ccc(-c2cccc(-c3nc(-c4ccccc4)nc(-n4c5ccccc5c5ccc(-c6cccc7c6oc6ccccc67)cc54)n3)c2)cc1. The van der Waals surface area contributed by atoms with Gasteiger partial charge in [0.05, 0.1) is 44.7 Å². The van der Waals surface area contributed by atoms with E-state index in [0.717, 1.165) is 188 Å². The molecule has 0 spiro atoms. The van der Waals surface area contributed by atoms with E-state index < -0.39 is 0 Å². The fourth-order valence-corrected chi connectivity index (χ4v) is 20.1. The molecule has 15 nitrogen and oxygen atoms in total. The third-order valence-electron chi connectivity index (χ3n) is 27.0. The highest BCUT2D eigenvalue weighted by molar-refractivity contribution is 6.16. The lowest BCUT2D eigenvalue weighted by atomic mass is 10.00. The van der Waals surface area contributed by atoms with Crippen molar-refractivity contribution in [3.05, 3.63) is 497 Å². The highest BCUT2D eigenvalue weighted by Crippen LogP contribution is 2.45. The van der Waals surface area contributed by atoms with Crippen LogP contribution in [0.2, 0.25) is 0 Å². The first-order valence-corrected chi connectivity index (χ1v) is 48.2. The molecule has 28 aromatic rings. The lowest BCUT2D eigenvalue weighted by molar-refractivity contribution is 0.669. The molecule has 678 valence electrons. The number of furan rings is 2. The summed E-state index contributed by atoms with van der Waals surface area (Å²) in [6, 6.07) is 171. The summed E-state index contributed by atoms with van der Waals surface area (Å²) >= 11 is 0. The molecule has 0 fully saturated rings. The van der Waals surface area contributed by atoms with Gasteiger partial charge < -0.3 is 18.0 Å². The van der Waals surface area contributed by atoms with Gasteiger partial charge in [0.2, 0.25) is 5.95 Å². The molecular weight excluding hydrogens is 1780 g/mol. The summed E-state index contributed by atoms with van der Waals surface area (Å²) in [4.78, 5) is 45.0. The normalized spacial score (nSPS) is 11.4. The van der Waals surface area contributed by atoms with E-state index in [1.165, 1.54) is 21.9 Å². The number of para-hydroxylation sites is 6. The van der Waals surface area contributed by atoms with E-state index in [2.05, 4.69) is 293 Å². The third kappa shape index (κ3) is 15.9. The first-order valence-electron chi connectivity index (χ1n) is 48.2. The number of hydrogen-bond donors (Lipinski definition) is 0. The van der Waals surface area contributed by atoms with Crippen molar-refractivity contribution >= 4 is 109 Å². The van der Waals surface area contributed by atoms with Crippen LogP contribution in [-0.2, 0) is 0 Å². The maximum absolute atomic E-state index is 9.90. The van der Waals surface area contributed by atoms with Crippen molar-refractivity contribution in [3.8, 4) is 159 Å². The number of hydrogen-bond acceptors (Lipinski definition) is 12. The van der Waals surface area contributed by atoms with Gasteiger partial charge in [-0.25, -0.2) is 34.9 Å². The van der Waals surface area contributed by atoms with Gasteiger partial charge in [0.25, 0.3) is 0 Å². The largest absolute Gasteiger partial charge is 0.455 e. The van der Waals surface area contributed by atoms with Crippen LogP contribution in [-0.4, -0.2) is 58.6 Å². The zero-order chi connectivity index (χ0) is 96.2. The topological polar surface area (TPSA) is 181 Å². The molecule has 0 saturated heterocycles. The Morgan fingerprint density at radius 2 is 0.462 bits per heavy atom. The predicted molar refractivity (Wildman–Crippen MR) is 587 cm³/mol. The van der Waals surface area contributed by atoms with Gasteiger partial charge in [-0.05, 0) is 130 Å². The molecule has 0 saturated carbocycles. The van der Waals surface area contributed by atoms with Gasteiger partial charge in [-0.15, -0.1) is 0 Å². The summed E-state index contributed by atoms with van der Waals surface area (Å²) in [6.45, 7) is 0. The Balaban J connectivity index is 0.000000111. The van der Waals surface area contributed by atoms with Crippen LogP contribution in [0.1, 0.15) is 5.56 Å². The van der Waals surface area contributed by atoms with E-state index in [9.17, 15) is 5.26 Å². The van der Waals surface area contributed by atoms with Crippen LogP contribution < -0.4 is 0 Å². The molecule has 0 atom stereocenters. The van der Waals surface area contributed by atoms with Gasteiger partial charge in [-0.1, -0.05) is 394 Å². The molecule has 15 heteroatoms. The summed E-state index contributed by atoms with van der Waals surface area (Å²) in [5, 5.41) is 21.0. The summed E-state index contributed by atoms with van der Waals surface area (Å²) in [5.74, 6) is 5.54. The highest BCUT2D eigenvalue weighted by Gasteiger charge is 2.26. The zero-order valence-corrected chi connectivity index (χ0v) is 77.9. The van der Waals surface area contributed by atoms with Crippen LogP contribution in [0.25, 0.3) is 262 Å². The Hall–Kier alpha value is -20.1. The third-order valence-corrected chi connectivity index (χ3v) is 27.0. The summed E-state index contributed by atoms with van der Waals surface area (Å²) in [5.41, 5.74) is 28.6. The Labute approximate surface area is 832 Å². The van der Waals surface area contributed by atoms with Crippen LogP contribution in [0.15, 0.2) is 500 Å². The van der Waals surface area contributed by atoms with Crippen molar-refractivity contribution in [1.29, 1.82) is 5.26 Å². The standard InChI is InChI=1S/C46H27N5O.C45H28N4O.C39H26N4/c47-28-29-21-23-40-38(25-29)39-27-32(35-18-10-19-37-36-17-7-8-20-42(36)52-43(35)37)22-24-41(39)51(40)34-16-9-15-33(26-34)46-49-44(30-11-3-1-4-12-30)48-45(50-46)31-13-5-2-6-14-31;1-3-13-29(14-4-1)31-17-11-18-33(27-31)44-46-43(30-15-5-2-6-16-30)47-45(48-44)49-39-23-9-7-19-35(39)36-26-25-32(28-40(36)49)34-21-12-22-38-37-20-8-10-24-41(37)50-42(34)38;1-4-13-27(14-5-1)30-23-24-34-33-21-10-11-22-35(33)43(36(34)26-30)32-20-12-19-31(25-32)39-41-37(28-15-6-2-7-16-28)40-38(42-39)29-17-8-3-9-18-29/h1-27H;1-28H;1-26H. The lowest BCUT2D eigenvalue weighted by Crippen LogP contribution is -2.06. The van der Waals surface area contributed by atoms with Gasteiger partial charge in [-0.2, -0.15) is 15.2 Å². The van der Waals surface area contributed by atoms with Gasteiger partial charge in [0.15, 0.2) is 46.6 Å². The van der Waals surface area contributed by atoms with Crippen molar-refractivity contribution in [2.75, 3.05) is 0 Å². The molecule has 0 aliphatic carbocycles. The molecule has 0 unspecified atom stereocenters. The number of benzene rings is 20. The number of nitrogens with zero attached hydrogens (tertiary/aromatic N) is 13. The van der Waals surface area contributed by atoms with Gasteiger partial charge in [-0.3, -0.25) is 4.57 Å². The number of fused-ring (bicyclic) bond motifs is 15. The number of rotatable bonds is 15. The van der Waals surface area contributed by atoms with Crippen LogP contribution in [0.4, 0.5) is 0 Å². The zero-order valence-electron chi connectivity index (χ0n) is 77.9. The smallest absolute Gasteiger partial charge is 0.238 e. The minimum absolute atomic E-state index is 0.560. The maximum atomic E-state index is 9.90. The summed E-state index contributed by atoms with van der Waals surface area (Å²) < 4.78 is 19.6. The Morgan fingerprint density at radius 1 is 0.172 bits per heavy atom. The fourth-order valence-electron chi connectivity index (χ4n) is 20.1. The second-order valence-electron chi connectivity index (χ2n) is 35.8. The predicted octanol–water partition coefficient (Wildman–Crippen LogP) is 32.6. The summed E-state index contributed by atoms with van der Waals surface area (Å²) in [7, 11) is 0. The molecular formula is C130H81N13O2. The monoisotopic (exact) mass is 1860 g/mol. The number of nitriles is 1. The van der Waals surface area contributed by atoms with Crippen molar-refractivity contribution in [1.82, 2.24) is 58.6 Å². The molecule has 145 heavy (non-hydrogen) atoms. The molecule has 0 radical (unpaired) electrons. The highest BCUT2D eigenvalue weighted by atomic mass is 16.3. The van der Waals surface area contributed by atoms with E-state index in [1.54, 1.807) is 0 Å². The van der Waals surface area contributed by atoms with E-state index in [4.69, 9.17) is 53.7 Å². The van der Waals surface area contributed by atoms with E-state index in [0.29, 0.717) is 58.1 Å². The van der Waals surface area contributed by atoms with Crippen molar-refractivity contribution in [2.45, 2.75) is 0 Å². The second-order valence-corrected chi connectivity index (χ2v) is 35.8. The molecule has 8 heterocycles. The first-order chi connectivity index (χ1) is 71.8. The van der Waals surface area contributed by atoms with E-state index in [1.807, 2.05) is 218 Å². The van der Waals surface area contributed by atoms with Gasteiger partial charge in [0.1, 0.15) is 22.3 Å². The molecule has 8 aromatic heterocycles. The maximum Gasteiger partial charge on any atom is 0.238 e. The first kappa shape index (κ1) is 85.3. The average molecular weight is 1860 g/mol. The molecule has 0 aliphatic rings. The van der Waals surface area contributed by atoms with Crippen LogP contribution in [0.5, 0.6) is 0 Å². The number of aromatic nitrogens is 12. The van der Waals surface area contributed by atoms with Crippen molar-refractivity contribution in [3.63, 3.8) is 0 Å². The molecule has 0 N–H and O–H groups in total. The van der Waals surface area contributed by atoms with Crippen LogP contribution >= 0.6 is 0 Å². The molecule has 20 aromatic carbocycles. The van der Waals surface area contributed by atoms with Gasteiger partial charge in [0, 0.05) is 121 Å². The van der Waals surface area contributed by atoms with Crippen LogP contribution in [0, 0.1) is 11.3 Å². The van der Waals surface area contributed by atoms with Crippen molar-refractivity contribution in [2.24, 2.45) is 0 Å². The van der Waals surface area contributed by atoms with Gasteiger partial charge >= 0.3 is 0 Å². The Kier molecular flexibility index (Phi) is 21.6. The molecule has 0 aliphatic heterocycles. The van der Waals surface area contributed by atoms with Crippen molar-refractivity contribution < 1.29 is 8.83 Å². The Bertz CT molecular complexity index is 9800. The van der Waals surface area contributed by atoms with E-state index >= 15 is 0 Å². The minimum atomic E-state index is 0.560. The quantitative estimate of drug-likeness (QED) is 0.0949. The lowest BCUT2D eigenvalue weighted by Gasteiger charge is -2.12. The molecule has 28 rings (SSSR count).